The molecule has 0 radical (unpaired) electrons. The second-order valence-corrected chi connectivity index (χ2v) is 5.40. The van der Waals surface area contributed by atoms with Crippen molar-refractivity contribution in [1.82, 2.24) is 9.80 Å². The molecule has 1 aromatic carbocycles. The van der Waals surface area contributed by atoms with Gasteiger partial charge in [0.1, 0.15) is 6.61 Å². The van der Waals surface area contributed by atoms with E-state index in [0.29, 0.717) is 16.0 Å². The van der Waals surface area contributed by atoms with Crippen LogP contribution >= 0.6 is 0 Å². The van der Waals surface area contributed by atoms with E-state index in [1.807, 2.05) is 0 Å². The molecular formula is C16H18N2O5. The Morgan fingerprint density at radius 2 is 2.00 bits per heavy atom. The molecule has 2 rings (SSSR count). The van der Waals surface area contributed by atoms with Gasteiger partial charge in [-0.2, -0.15) is 0 Å². The number of nitrogens with zero attached hydrogens (tertiary/aromatic N) is 2. The van der Waals surface area contributed by atoms with Crippen LogP contribution in [0, 0.1) is 0 Å². The zero-order valence-corrected chi connectivity index (χ0v) is 12.9. The molecule has 23 heavy (non-hydrogen) atoms. The molecule has 0 aromatic heterocycles. The number of rotatable bonds is 4. The Bertz CT molecular complexity index is 639. The first kappa shape index (κ1) is 16.5. The number of carbonyl (C=O) groups excluding carboxylic acids is 2. The van der Waals surface area contributed by atoms with E-state index >= 15 is 0 Å². The maximum atomic E-state index is 12.1. The summed E-state index contributed by atoms with van der Waals surface area (Å²) in [5.41, 5.74) is 0.751. The van der Waals surface area contributed by atoms with Crippen LogP contribution in [0.2, 0.25) is 0 Å². The smallest absolute Gasteiger partial charge is 0.414 e. The third-order valence-electron chi connectivity index (χ3n) is 3.35. The number of carbonyl (C=O) groups is 3. The van der Waals surface area contributed by atoms with E-state index in [4.69, 9.17) is 4.74 Å². The summed E-state index contributed by atoms with van der Waals surface area (Å²) in [4.78, 5) is 37.7. The van der Waals surface area contributed by atoms with Gasteiger partial charge in [-0.15, -0.1) is 0 Å². The van der Waals surface area contributed by atoms with Crippen molar-refractivity contribution in [2.24, 2.45) is 0 Å². The third-order valence-corrected chi connectivity index (χ3v) is 3.35. The van der Waals surface area contributed by atoms with Crippen LogP contribution < -0.4 is 0 Å². The Kier molecular flexibility index (Phi) is 5.00. The lowest BCUT2D eigenvalue weighted by Crippen LogP contribution is -2.40. The van der Waals surface area contributed by atoms with Gasteiger partial charge in [0, 0.05) is 32.3 Å². The molecule has 1 aliphatic rings. The second-order valence-electron chi connectivity index (χ2n) is 5.40. The molecule has 7 nitrogen and oxygen atoms in total. The molecule has 2 amide bonds. The van der Waals surface area contributed by atoms with E-state index in [9.17, 15) is 19.5 Å². The minimum atomic E-state index is -1.35. The predicted molar refractivity (Wildman–Crippen MR) is 81.8 cm³/mol. The minimum absolute atomic E-state index is 0.170. The molecule has 1 saturated heterocycles. The summed E-state index contributed by atoms with van der Waals surface area (Å²) in [5, 5.41) is 9.21. The maximum absolute atomic E-state index is 12.1. The van der Waals surface area contributed by atoms with Crippen molar-refractivity contribution >= 4 is 18.0 Å². The van der Waals surface area contributed by atoms with Crippen molar-refractivity contribution in [3.8, 4) is 0 Å². The topological polar surface area (TPSA) is 87.2 Å². The van der Waals surface area contributed by atoms with Crippen LogP contribution in [0.15, 0.2) is 42.1 Å². The SMILES string of the molecule is CN(C)C=C1CC(COC(=O)c2ccccc2)N(C(=O)O)C1=O. The van der Waals surface area contributed by atoms with Crippen molar-refractivity contribution in [3.63, 3.8) is 0 Å². The van der Waals surface area contributed by atoms with E-state index in [-0.39, 0.29) is 13.0 Å². The maximum Gasteiger partial charge on any atom is 0.414 e. The molecule has 1 heterocycles. The van der Waals surface area contributed by atoms with E-state index in [1.54, 1.807) is 55.5 Å². The number of hydrogen-bond acceptors (Lipinski definition) is 5. The first-order valence-corrected chi connectivity index (χ1v) is 7.06. The minimum Gasteiger partial charge on any atom is -0.465 e. The molecule has 1 atom stereocenters. The van der Waals surface area contributed by atoms with Gasteiger partial charge < -0.3 is 14.7 Å². The number of hydrogen-bond donors (Lipinski definition) is 1. The first-order chi connectivity index (χ1) is 10.9. The number of imide groups is 1. The monoisotopic (exact) mass is 318 g/mol. The van der Waals surface area contributed by atoms with Crippen molar-refractivity contribution in [2.75, 3.05) is 20.7 Å². The molecule has 1 N–H and O–H groups in total. The lowest BCUT2D eigenvalue weighted by Gasteiger charge is -2.18. The number of esters is 1. The van der Waals surface area contributed by atoms with Gasteiger partial charge in [0.05, 0.1) is 11.6 Å². The average Bonchev–Trinajstić information content (AvgIpc) is 2.81. The fourth-order valence-corrected chi connectivity index (χ4v) is 2.38. The summed E-state index contributed by atoms with van der Waals surface area (Å²) in [6.07, 6.45) is 0.445. The molecule has 7 heteroatoms. The second kappa shape index (κ2) is 6.95. The Balaban J connectivity index is 2.07. The van der Waals surface area contributed by atoms with Crippen LogP contribution in [-0.4, -0.2) is 59.6 Å². The highest BCUT2D eigenvalue weighted by atomic mass is 16.5. The summed E-state index contributed by atoms with van der Waals surface area (Å²) < 4.78 is 5.16. The van der Waals surface area contributed by atoms with Crippen molar-refractivity contribution in [3.05, 3.63) is 47.7 Å². The lowest BCUT2D eigenvalue weighted by atomic mass is 10.1. The summed E-state index contributed by atoms with van der Waals surface area (Å²) in [6.45, 7) is -0.170. The van der Waals surface area contributed by atoms with Gasteiger partial charge in [-0.3, -0.25) is 4.79 Å². The fourth-order valence-electron chi connectivity index (χ4n) is 2.38. The largest absolute Gasteiger partial charge is 0.465 e. The number of carboxylic acid groups (broad SMARTS) is 1. The normalized spacial score (nSPS) is 19.0. The molecule has 122 valence electrons. The first-order valence-electron chi connectivity index (χ1n) is 7.06. The highest BCUT2D eigenvalue weighted by molar-refractivity contribution is 6.04. The molecule has 1 unspecified atom stereocenters. The van der Waals surface area contributed by atoms with Gasteiger partial charge >= 0.3 is 12.1 Å². The van der Waals surface area contributed by atoms with Gasteiger partial charge in [-0.25, -0.2) is 14.5 Å². The molecular weight excluding hydrogens is 300 g/mol. The molecule has 1 aromatic rings. The number of ether oxygens (including phenoxy) is 1. The van der Waals surface area contributed by atoms with E-state index in [2.05, 4.69) is 0 Å². The van der Waals surface area contributed by atoms with Crippen LogP contribution in [0.25, 0.3) is 0 Å². The van der Waals surface area contributed by atoms with Crippen LogP contribution in [0.4, 0.5) is 4.79 Å². The standard InChI is InChI=1S/C16H18N2O5/c1-17(2)9-12-8-13(18(14(12)19)16(21)22)10-23-15(20)11-6-4-3-5-7-11/h3-7,9,13H,8,10H2,1-2H3,(H,21,22). The van der Waals surface area contributed by atoms with Gasteiger partial charge in [0.25, 0.3) is 5.91 Å². The quantitative estimate of drug-likeness (QED) is 0.670. The van der Waals surface area contributed by atoms with Crippen molar-refractivity contribution in [2.45, 2.75) is 12.5 Å². The summed E-state index contributed by atoms with van der Waals surface area (Å²) in [5.74, 6) is -1.12. The van der Waals surface area contributed by atoms with Crippen LogP contribution in [0.3, 0.4) is 0 Å². The molecule has 1 fully saturated rings. The molecule has 0 aliphatic carbocycles. The zero-order chi connectivity index (χ0) is 17.0. The predicted octanol–water partition coefficient (Wildman–Crippen LogP) is 1.57. The van der Waals surface area contributed by atoms with Gasteiger partial charge in [0.15, 0.2) is 0 Å². The van der Waals surface area contributed by atoms with Crippen LogP contribution in [0.1, 0.15) is 16.8 Å². The average molecular weight is 318 g/mol. The fraction of sp³-hybridized carbons (Fsp3) is 0.312. The van der Waals surface area contributed by atoms with Gasteiger partial charge in [-0.1, -0.05) is 18.2 Å². The van der Waals surface area contributed by atoms with Crippen LogP contribution in [0.5, 0.6) is 0 Å². The third kappa shape index (κ3) is 3.88. The molecule has 0 saturated carbocycles. The molecule has 1 aliphatic heterocycles. The Labute approximate surface area is 133 Å². The number of benzene rings is 1. The van der Waals surface area contributed by atoms with Crippen LogP contribution in [-0.2, 0) is 9.53 Å². The molecule has 0 spiro atoms. The lowest BCUT2D eigenvalue weighted by molar-refractivity contribution is -0.124. The summed E-state index contributed by atoms with van der Waals surface area (Å²) in [6, 6.07) is 7.69. The number of amides is 2. The van der Waals surface area contributed by atoms with Gasteiger partial charge in [0.2, 0.25) is 0 Å². The van der Waals surface area contributed by atoms with Crippen molar-refractivity contribution < 1.29 is 24.2 Å². The Morgan fingerprint density at radius 1 is 1.35 bits per heavy atom. The van der Waals surface area contributed by atoms with Crippen molar-refractivity contribution in [1.29, 1.82) is 0 Å². The van der Waals surface area contributed by atoms with Gasteiger partial charge in [-0.05, 0) is 12.1 Å². The highest BCUT2D eigenvalue weighted by Crippen LogP contribution is 2.25. The van der Waals surface area contributed by atoms with E-state index in [1.165, 1.54) is 0 Å². The summed E-state index contributed by atoms with van der Waals surface area (Å²) >= 11 is 0. The van der Waals surface area contributed by atoms with E-state index < -0.39 is 24.0 Å². The van der Waals surface area contributed by atoms with E-state index in [0.717, 1.165) is 0 Å². The Hall–Kier alpha value is -2.83. The number of likely N-dealkylation sites (tertiary alicyclic amines) is 1. The highest BCUT2D eigenvalue weighted by Gasteiger charge is 2.40. The Morgan fingerprint density at radius 3 is 2.57 bits per heavy atom. The zero-order valence-electron chi connectivity index (χ0n) is 12.9. The molecule has 0 bridgehead atoms. The summed E-state index contributed by atoms with van der Waals surface area (Å²) in [7, 11) is 3.49.